The summed E-state index contributed by atoms with van der Waals surface area (Å²) >= 11 is 0. The molecular formula is C15H23FN2O2S. The summed E-state index contributed by atoms with van der Waals surface area (Å²) in [4.78, 5) is 0. The molecule has 0 saturated carbocycles. The van der Waals surface area contributed by atoms with Crippen LogP contribution in [0.4, 0.5) is 4.39 Å². The second kappa shape index (κ2) is 6.85. The summed E-state index contributed by atoms with van der Waals surface area (Å²) in [5, 5.41) is 3.51. The van der Waals surface area contributed by atoms with Gasteiger partial charge in [-0.3, -0.25) is 0 Å². The lowest BCUT2D eigenvalue weighted by molar-refractivity contribution is 0.277. The molecule has 1 heterocycles. The van der Waals surface area contributed by atoms with Crippen LogP contribution in [0.2, 0.25) is 0 Å². The number of sulfonamides is 1. The zero-order valence-corrected chi connectivity index (χ0v) is 13.4. The zero-order valence-electron chi connectivity index (χ0n) is 12.5. The van der Waals surface area contributed by atoms with Crippen LogP contribution in [0.25, 0.3) is 0 Å². The molecule has 1 aromatic carbocycles. The third kappa shape index (κ3) is 5.05. The van der Waals surface area contributed by atoms with Gasteiger partial charge < -0.3 is 5.32 Å². The Balaban J connectivity index is 1.81. The van der Waals surface area contributed by atoms with Gasteiger partial charge in [-0.2, -0.15) is 0 Å². The van der Waals surface area contributed by atoms with Gasteiger partial charge in [0.25, 0.3) is 0 Å². The van der Waals surface area contributed by atoms with Crippen molar-refractivity contribution in [3.8, 4) is 0 Å². The minimum absolute atomic E-state index is 0.207. The lowest BCUT2D eigenvalue weighted by atomic mass is 10.0. The molecule has 0 aromatic heterocycles. The smallest absolute Gasteiger partial charge is 0.211 e. The second-order valence-electron chi connectivity index (χ2n) is 5.84. The Kier molecular flexibility index (Phi) is 5.35. The van der Waals surface area contributed by atoms with Gasteiger partial charge in [0.05, 0.1) is 6.26 Å². The molecule has 1 unspecified atom stereocenters. The highest BCUT2D eigenvalue weighted by Gasteiger charge is 2.25. The third-order valence-electron chi connectivity index (χ3n) is 3.87. The van der Waals surface area contributed by atoms with Crippen molar-refractivity contribution in [3.05, 3.63) is 35.6 Å². The predicted octanol–water partition coefficient (Wildman–Crippen LogP) is 1.77. The molecule has 0 spiro atoms. The maximum absolute atomic E-state index is 13.1. The van der Waals surface area contributed by atoms with Crippen molar-refractivity contribution in [2.24, 2.45) is 0 Å². The summed E-state index contributed by atoms with van der Waals surface area (Å²) in [5.74, 6) is -0.207. The maximum atomic E-state index is 13.1. The molecule has 0 amide bonds. The number of hydrogen-bond acceptors (Lipinski definition) is 3. The fourth-order valence-corrected chi connectivity index (χ4v) is 3.71. The van der Waals surface area contributed by atoms with Gasteiger partial charge in [-0.15, -0.1) is 0 Å². The van der Waals surface area contributed by atoms with Gasteiger partial charge in [0, 0.05) is 25.2 Å². The van der Waals surface area contributed by atoms with E-state index in [0.29, 0.717) is 19.1 Å². The van der Waals surface area contributed by atoms with Crippen LogP contribution in [-0.4, -0.2) is 44.2 Å². The number of piperidine rings is 1. The fraction of sp³-hybridized carbons (Fsp3) is 0.600. The molecule has 1 atom stereocenters. The van der Waals surface area contributed by atoms with Crippen LogP contribution < -0.4 is 5.32 Å². The van der Waals surface area contributed by atoms with Gasteiger partial charge in [-0.25, -0.2) is 17.1 Å². The normalized spacial score (nSPS) is 19.6. The number of nitrogens with zero attached hydrogens (tertiary/aromatic N) is 1. The van der Waals surface area contributed by atoms with Crippen LogP contribution in [0.5, 0.6) is 0 Å². The molecule has 118 valence electrons. The van der Waals surface area contributed by atoms with Crippen molar-refractivity contribution in [3.63, 3.8) is 0 Å². The van der Waals surface area contributed by atoms with Gasteiger partial charge in [0.2, 0.25) is 10.0 Å². The molecular weight excluding hydrogens is 291 g/mol. The van der Waals surface area contributed by atoms with Crippen molar-refractivity contribution in [2.75, 3.05) is 19.3 Å². The summed E-state index contributed by atoms with van der Waals surface area (Å²) in [6, 6.07) is 7.22. The van der Waals surface area contributed by atoms with Crippen LogP contribution >= 0.6 is 0 Å². The van der Waals surface area contributed by atoms with Crippen LogP contribution in [0.1, 0.15) is 25.3 Å². The Morgan fingerprint density at radius 2 is 2.05 bits per heavy atom. The van der Waals surface area contributed by atoms with Crippen LogP contribution in [0.3, 0.4) is 0 Å². The number of benzene rings is 1. The maximum Gasteiger partial charge on any atom is 0.211 e. The van der Waals surface area contributed by atoms with E-state index in [9.17, 15) is 12.8 Å². The highest BCUT2D eigenvalue weighted by Crippen LogP contribution is 2.15. The molecule has 0 aliphatic carbocycles. The first-order valence-corrected chi connectivity index (χ1v) is 9.15. The summed E-state index contributed by atoms with van der Waals surface area (Å²) in [5.41, 5.74) is 0.976. The fourth-order valence-electron chi connectivity index (χ4n) is 2.83. The molecule has 0 bridgehead atoms. The van der Waals surface area contributed by atoms with E-state index in [1.807, 2.05) is 6.07 Å². The summed E-state index contributed by atoms with van der Waals surface area (Å²) in [6.45, 7) is 3.22. The molecule has 21 heavy (non-hydrogen) atoms. The second-order valence-corrected chi connectivity index (χ2v) is 7.82. The molecule has 4 nitrogen and oxygen atoms in total. The first kappa shape index (κ1) is 16.4. The Bertz CT molecular complexity index is 569. The summed E-state index contributed by atoms with van der Waals surface area (Å²) in [7, 11) is -3.07. The SMILES string of the molecule is CC(Cc1cccc(F)c1)NC1CCN(S(C)(=O)=O)CC1. The Hall–Kier alpha value is -0.980. The number of halogens is 1. The number of nitrogens with one attached hydrogen (secondary N) is 1. The zero-order chi connectivity index (χ0) is 15.5. The van der Waals surface area contributed by atoms with E-state index in [1.54, 1.807) is 12.1 Å². The molecule has 1 N–H and O–H groups in total. The minimum Gasteiger partial charge on any atom is -0.311 e. The van der Waals surface area contributed by atoms with E-state index in [2.05, 4.69) is 12.2 Å². The monoisotopic (exact) mass is 314 g/mol. The molecule has 2 rings (SSSR count). The number of hydrogen-bond donors (Lipinski definition) is 1. The standard InChI is InChI=1S/C15H23FN2O2S/c1-12(10-13-4-3-5-14(16)11-13)17-15-6-8-18(9-7-15)21(2,19)20/h3-5,11-12,15,17H,6-10H2,1-2H3. The Labute approximate surface area is 126 Å². The topological polar surface area (TPSA) is 49.4 Å². The minimum atomic E-state index is -3.07. The molecule has 1 aliphatic rings. The lowest BCUT2D eigenvalue weighted by Gasteiger charge is -2.32. The van der Waals surface area contributed by atoms with Crippen molar-refractivity contribution >= 4 is 10.0 Å². The third-order valence-corrected chi connectivity index (χ3v) is 5.18. The molecule has 1 aromatic rings. The van der Waals surface area contributed by atoms with Crippen LogP contribution in [-0.2, 0) is 16.4 Å². The van der Waals surface area contributed by atoms with E-state index in [4.69, 9.17) is 0 Å². The van der Waals surface area contributed by atoms with E-state index in [1.165, 1.54) is 16.6 Å². The van der Waals surface area contributed by atoms with Crippen molar-refractivity contribution in [1.29, 1.82) is 0 Å². The van der Waals surface area contributed by atoms with Gasteiger partial charge in [0.15, 0.2) is 0 Å². The van der Waals surface area contributed by atoms with E-state index < -0.39 is 10.0 Å². The molecule has 1 aliphatic heterocycles. The van der Waals surface area contributed by atoms with E-state index >= 15 is 0 Å². The van der Waals surface area contributed by atoms with Gasteiger partial charge in [-0.1, -0.05) is 12.1 Å². The van der Waals surface area contributed by atoms with Crippen molar-refractivity contribution in [1.82, 2.24) is 9.62 Å². The van der Waals surface area contributed by atoms with E-state index in [0.717, 1.165) is 24.8 Å². The molecule has 6 heteroatoms. The predicted molar refractivity (Wildman–Crippen MR) is 82.1 cm³/mol. The first-order valence-electron chi connectivity index (χ1n) is 7.30. The largest absolute Gasteiger partial charge is 0.311 e. The molecule has 1 fully saturated rings. The average Bonchev–Trinajstić information content (AvgIpc) is 2.38. The number of rotatable bonds is 5. The highest BCUT2D eigenvalue weighted by atomic mass is 32.2. The van der Waals surface area contributed by atoms with Gasteiger partial charge in [-0.05, 0) is 43.9 Å². The van der Waals surface area contributed by atoms with Crippen LogP contribution in [0, 0.1) is 5.82 Å². The highest BCUT2D eigenvalue weighted by molar-refractivity contribution is 7.88. The average molecular weight is 314 g/mol. The van der Waals surface area contributed by atoms with Crippen molar-refractivity contribution < 1.29 is 12.8 Å². The summed E-state index contributed by atoms with van der Waals surface area (Å²) in [6.07, 6.45) is 3.67. The molecule has 1 saturated heterocycles. The Morgan fingerprint density at radius 1 is 1.38 bits per heavy atom. The summed E-state index contributed by atoms with van der Waals surface area (Å²) < 4.78 is 37.6. The first-order chi connectivity index (χ1) is 9.84. The van der Waals surface area contributed by atoms with Crippen molar-refractivity contribution in [2.45, 2.75) is 38.3 Å². The molecule has 0 radical (unpaired) electrons. The Morgan fingerprint density at radius 3 is 2.62 bits per heavy atom. The van der Waals surface area contributed by atoms with Gasteiger partial charge >= 0.3 is 0 Å². The lowest BCUT2D eigenvalue weighted by Crippen LogP contribution is -2.47. The van der Waals surface area contributed by atoms with Crippen LogP contribution in [0.15, 0.2) is 24.3 Å². The van der Waals surface area contributed by atoms with Gasteiger partial charge in [0.1, 0.15) is 5.82 Å². The van der Waals surface area contributed by atoms with E-state index in [-0.39, 0.29) is 11.9 Å². The quantitative estimate of drug-likeness (QED) is 0.901.